The van der Waals surface area contributed by atoms with E-state index in [0.29, 0.717) is 18.5 Å². The van der Waals surface area contributed by atoms with Crippen molar-refractivity contribution in [3.8, 4) is 0 Å². The Hall–Kier alpha value is -2.11. The normalized spacial score (nSPS) is 13.9. The van der Waals surface area contributed by atoms with Crippen molar-refractivity contribution in [3.05, 3.63) is 23.9 Å². The molecule has 0 unspecified atom stereocenters. The van der Waals surface area contributed by atoms with Crippen molar-refractivity contribution in [1.29, 1.82) is 0 Å². The molecule has 1 fully saturated rings. The summed E-state index contributed by atoms with van der Waals surface area (Å²) in [6.45, 7) is 2.53. The number of nitrogens with one attached hydrogen (secondary N) is 1. The molecule has 0 radical (unpaired) electrons. The number of methoxy groups -OCH3 is 1. The standard InChI is InChI=1S/C17H25N3O3/c1-23-15(21)9-3-2-4-10-19-17(22)14-8-7-11-18-16(14)20-12-5-6-13-20/h7-8,11H,2-6,9-10,12-13H2,1H3,(H,19,22). The molecule has 0 bridgehead atoms. The molecule has 2 heterocycles. The van der Waals surface area contributed by atoms with Crippen molar-refractivity contribution in [3.63, 3.8) is 0 Å². The monoisotopic (exact) mass is 319 g/mol. The molecule has 0 atom stereocenters. The molecule has 6 heteroatoms. The van der Waals surface area contributed by atoms with Gasteiger partial charge < -0.3 is 15.0 Å². The summed E-state index contributed by atoms with van der Waals surface area (Å²) in [7, 11) is 1.40. The molecule has 1 saturated heterocycles. The van der Waals surface area contributed by atoms with Crippen LogP contribution in [-0.2, 0) is 9.53 Å². The highest BCUT2D eigenvalue weighted by Gasteiger charge is 2.20. The largest absolute Gasteiger partial charge is 0.469 e. The molecule has 126 valence electrons. The van der Waals surface area contributed by atoms with Gasteiger partial charge in [-0.05, 0) is 37.8 Å². The molecule has 0 saturated carbocycles. The number of ether oxygens (including phenoxy) is 1. The molecule has 23 heavy (non-hydrogen) atoms. The van der Waals surface area contributed by atoms with E-state index in [2.05, 4.69) is 19.9 Å². The van der Waals surface area contributed by atoms with Gasteiger partial charge >= 0.3 is 5.97 Å². The molecule has 1 aliphatic heterocycles. The lowest BCUT2D eigenvalue weighted by molar-refractivity contribution is -0.140. The molecule has 0 aliphatic carbocycles. The lowest BCUT2D eigenvalue weighted by Crippen LogP contribution is -2.28. The molecular formula is C17H25N3O3. The van der Waals surface area contributed by atoms with Crippen LogP contribution in [0.5, 0.6) is 0 Å². The van der Waals surface area contributed by atoms with E-state index in [4.69, 9.17) is 0 Å². The minimum Gasteiger partial charge on any atom is -0.469 e. The van der Waals surface area contributed by atoms with Crippen LogP contribution in [0.15, 0.2) is 18.3 Å². The first kappa shape index (κ1) is 17.2. The number of nitrogens with zero attached hydrogens (tertiary/aromatic N) is 2. The molecular weight excluding hydrogens is 294 g/mol. The average Bonchev–Trinajstić information content (AvgIpc) is 3.12. The number of aromatic nitrogens is 1. The highest BCUT2D eigenvalue weighted by molar-refractivity contribution is 5.98. The summed E-state index contributed by atoms with van der Waals surface area (Å²) in [6, 6.07) is 3.62. The zero-order chi connectivity index (χ0) is 16.5. The van der Waals surface area contributed by atoms with Gasteiger partial charge in [-0.25, -0.2) is 4.98 Å². The van der Waals surface area contributed by atoms with Gasteiger partial charge in [-0.15, -0.1) is 0 Å². The summed E-state index contributed by atoms with van der Waals surface area (Å²) < 4.78 is 4.59. The smallest absolute Gasteiger partial charge is 0.305 e. The van der Waals surface area contributed by atoms with Crippen LogP contribution < -0.4 is 10.2 Å². The fourth-order valence-corrected chi connectivity index (χ4v) is 2.73. The van der Waals surface area contributed by atoms with Crippen molar-refractivity contribution in [2.45, 2.75) is 38.5 Å². The van der Waals surface area contributed by atoms with Crippen LogP contribution in [0.4, 0.5) is 5.82 Å². The maximum absolute atomic E-state index is 12.4. The maximum Gasteiger partial charge on any atom is 0.305 e. The molecule has 1 amide bonds. The number of hydrogen-bond donors (Lipinski definition) is 1. The second-order valence-electron chi connectivity index (χ2n) is 5.71. The Morgan fingerprint density at radius 1 is 1.26 bits per heavy atom. The van der Waals surface area contributed by atoms with E-state index in [-0.39, 0.29) is 11.9 Å². The van der Waals surface area contributed by atoms with Gasteiger partial charge in [0.2, 0.25) is 0 Å². The van der Waals surface area contributed by atoms with E-state index >= 15 is 0 Å². The number of hydrogen-bond acceptors (Lipinski definition) is 5. The topological polar surface area (TPSA) is 71.5 Å². The number of anilines is 1. The van der Waals surface area contributed by atoms with Gasteiger partial charge in [0.25, 0.3) is 5.91 Å². The number of amides is 1. The predicted octanol–water partition coefficient (Wildman–Crippen LogP) is 2.14. The highest BCUT2D eigenvalue weighted by atomic mass is 16.5. The van der Waals surface area contributed by atoms with Crippen LogP contribution in [0.3, 0.4) is 0 Å². The van der Waals surface area contributed by atoms with Crippen molar-refractivity contribution >= 4 is 17.7 Å². The van der Waals surface area contributed by atoms with E-state index in [1.807, 2.05) is 6.07 Å². The minimum atomic E-state index is -0.181. The number of pyridine rings is 1. The van der Waals surface area contributed by atoms with Crippen molar-refractivity contribution < 1.29 is 14.3 Å². The maximum atomic E-state index is 12.4. The number of rotatable bonds is 8. The highest BCUT2D eigenvalue weighted by Crippen LogP contribution is 2.21. The first-order valence-electron chi connectivity index (χ1n) is 8.27. The van der Waals surface area contributed by atoms with Crippen LogP contribution in [0.2, 0.25) is 0 Å². The van der Waals surface area contributed by atoms with Crippen molar-refractivity contribution in [2.24, 2.45) is 0 Å². The second kappa shape index (κ2) is 9.12. The number of carbonyl (C=O) groups is 2. The number of esters is 1. The van der Waals surface area contributed by atoms with E-state index in [9.17, 15) is 9.59 Å². The van der Waals surface area contributed by atoms with Crippen LogP contribution in [0.1, 0.15) is 48.9 Å². The summed E-state index contributed by atoms with van der Waals surface area (Å²) in [4.78, 5) is 29.9. The SMILES string of the molecule is COC(=O)CCCCCNC(=O)c1cccnc1N1CCCC1. The van der Waals surface area contributed by atoms with Gasteiger partial charge in [0.15, 0.2) is 0 Å². The quantitative estimate of drug-likeness (QED) is 0.587. The Labute approximate surface area is 137 Å². The van der Waals surface area contributed by atoms with Crippen LogP contribution in [0.25, 0.3) is 0 Å². The fourth-order valence-electron chi connectivity index (χ4n) is 2.73. The van der Waals surface area contributed by atoms with E-state index in [0.717, 1.165) is 51.0 Å². The fraction of sp³-hybridized carbons (Fsp3) is 0.588. The predicted molar refractivity (Wildman–Crippen MR) is 88.5 cm³/mol. The van der Waals surface area contributed by atoms with E-state index in [1.54, 1.807) is 12.3 Å². The van der Waals surface area contributed by atoms with Crippen molar-refractivity contribution in [1.82, 2.24) is 10.3 Å². The Balaban J connectivity index is 1.76. The van der Waals surface area contributed by atoms with E-state index in [1.165, 1.54) is 7.11 Å². The van der Waals surface area contributed by atoms with Gasteiger partial charge in [-0.2, -0.15) is 0 Å². The zero-order valence-corrected chi connectivity index (χ0v) is 13.7. The Kier molecular flexibility index (Phi) is 6.84. The van der Waals surface area contributed by atoms with Gasteiger partial charge in [-0.3, -0.25) is 9.59 Å². The van der Waals surface area contributed by atoms with E-state index < -0.39 is 0 Å². The van der Waals surface area contributed by atoms with Crippen LogP contribution >= 0.6 is 0 Å². The third-order valence-electron chi connectivity index (χ3n) is 4.01. The lowest BCUT2D eigenvalue weighted by Gasteiger charge is -2.19. The summed E-state index contributed by atoms with van der Waals surface area (Å²) in [5.41, 5.74) is 0.643. The summed E-state index contributed by atoms with van der Waals surface area (Å²) in [5.74, 6) is 0.529. The van der Waals surface area contributed by atoms with Gasteiger partial charge in [0.1, 0.15) is 5.82 Å². The molecule has 0 aromatic carbocycles. The summed E-state index contributed by atoms with van der Waals surface area (Å²) >= 11 is 0. The molecule has 1 aliphatic rings. The molecule has 2 rings (SSSR count). The average molecular weight is 319 g/mol. The van der Waals surface area contributed by atoms with Gasteiger partial charge in [-0.1, -0.05) is 6.42 Å². The molecule has 6 nitrogen and oxygen atoms in total. The van der Waals surface area contributed by atoms with Crippen molar-refractivity contribution in [2.75, 3.05) is 31.6 Å². The zero-order valence-electron chi connectivity index (χ0n) is 13.7. The summed E-state index contributed by atoms with van der Waals surface area (Å²) in [6.07, 6.45) is 7.00. The van der Waals surface area contributed by atoms with Crippen LogP contribution in [0, 0.1) is 0 Å². The van der Waals surface area contributed by atoms with Crippen LogP contribution in [-0.4, -0.2) is 43.6 Å². The second-order valence-corrected chi connectivity index (χ2v) is 5.71. The Bertz CT molecular complexity index is 528. The number of unbranched alkanes of at least 4 members (excludes halogenated alkanes) is 2. The molecule has 0 spiro atoms. The Morgan fingerprint density at radius 3 is 2.78 bits per heavy atom. The molecule has 1 aromatic heterocycles. The third-order valence-corrected chi connectivity index (χ3v) is 4.01. The first-order valence-corrected chi connectivity index (χ1v) is 8.27. The lowest BCUT2D eigenvalue weighted by atomic mass is 10.2. The Morgan fingerprint density at radius 2 is 2.04 bits per heavy atom. The van der Waals surface area contributed by atoms with Gasteiger partial charge in [0, 0.05) is 32.3 Å². The van der Waals surface area contributed by atoms with Gasteiger partial charge in [0.05, 0.1) is 12.7 Å². The minimum absolute atomic E-state index is 0.0760. The molecule has 1 aromatic rings. The summed E-state index contributed by atoms with van der Waals surface area (Å²) in [5, 5.41) is 2.94. The third kappa shape index (κ3) is 5.23. The number of carbonyl (C=O) groups excluding carboxylic acids is 2. The molecule has 1 N–H and O–H groups in total. The first-order chi connectivity index (χ1) is 11.2.